The van der Waals surface area contributed by atoms with Crippen LogP contribution < -0.4 is 10.1 Å². The van der Waals surface area contributed by atoms with E-state index in [0.717, 1.165) is 5.56 Å². The van der Waals surface area contributed by atoms with Crippen molar-refractivity contribution in [2.24, 2.45) is 0 Å². The van der Waals surface area contributed by atoms with Crippen LogP contribution in [0.2, 0.25) is 0 Å². The Morgan fingerprint density at radius 1 is 1.20 bits per heavy atom. The van der Waals surface area contributed by atoms with Gasteiger partial charge in [-0.2, -0.15) is 0 Å². The van der Waals surface area contributed by atoms with Crippen LogP contribution in [0.1, 0.15) is 31.1 Å². The fraction of sp³-hybridized carbons (Fsp3) is 0.273. The summed E-state index contributed by atoms with van der Waals surface area (Å²) in [5.41, 5.74) is 2.02. The van der Waals surface area contributed by atoms with Crippen LogP contribution in [0.15, 0.2) is 42.6 Å². The number of nitrogens with one attached hydrogen (secondary N) is 1. The van der Waals surface area contributed by atoms with Gasteiger partial charge in [-0.05, 0) is 45.0 Å². The summed E-state index contributed by atoms with van der Waals surface area (Å²) in [4.78, 5) is 32.9. The summed E-state index contributed by atoms with van der Waals surface area (Å²) in [5.74, 6) is -0.740. The van der Waals surface area contributed by atoms with Gasteiger partial charge in [-0.15, -0.1) is 0 Å². The molecule has 2 N–H and O–H groups in total. The summed E-state index contributed by atoms with van der Waals surface area (Å²) in [6.07, 6.45) is 1.57. The SMILES string of the molecule is CCOC(=O)CNC(=O)c1c(O)ccc2nc(-c3cccc(OC(C)C)c3)cnc12. The Labute approximate surface area is 173 Å². The minimum Gasteiger partial charge on any atom is -0.507 e. The average molecular weight is 409 g/mol. The minimum absolute atomic E-state index is 0.0431. The van der Waals surface area contributed by atoms with Gasteiger partial charge in [-0.25, -0.2) is 4.98 Å². The first-order valence-corrected chi connectivity index (χ1v) is 9.58. The number of carbonyl (C=O) groups excluding carboxylic acids is 2. The Kier molecular flexibility index (Phi) is 6.46. The summed E-state index contributed by atoms with van der Waals surface area (Å²) in [6, 6.07) is 10.4. The van der Waals surface area contributed by atoms with Gasteiger partial charge in [0.1, 0.15) is 29.1 Å². The van der Waals surface area contributed by atoms with E-state index in [-0.39, 0.29) is 36.1 Å². The lowest BCUT2D eigenvalue weighted by Crippen LogP contribution is -2.31. The number of fused-ring (bicyclic) bond motifs is 1. The molecule has 8 heteroatoms. The summed E-state index contributed by atoms with van der Waals surface area (Å²) in [5, 5.41) is 12.6. The number of amides is 1. The quantitative estimate of drug-likeness (QED) is 0.577. The highest BCUT2D eigenvalue weighted by Crippen LogP contribution is 2.28. The second-order valence-corrected chi connectivity index (χ2v) is 6.76. The van der Waals surface area contributed by atoms with E-state index in [1.165, 1.54) is 12.3 Å². The molecule has 3 rings (SSSR count). The van der Waals surface area contributed by atoms with E-state index < -0.39 is 11.9 Å². The molecule has 0 saturated heterocycles. The van der Waals surface area contributed by atoms with Gasteiger partial charge in [0, 0.05) is 5.56 Å². The number of esters is 1. The molecule has 30 heavy (non-hydrogen) atoms. The lowest BCUT2D eigenvalue weighted by molar-refractivity contribution is -0.141. The van der Waals surface area contributed by atoms with Gasteiger partial charge in [0.05, 0.1) is 30.1 Å². The largest absolute Gasteiger partial charge is 0.507 e. The molecule has 2 aromatic carbocycles. The van der Waals surface area contributed by atoms with Crippen LogP contribution in [0.5, 0.6) is 11.5 Å². The molecule has 8 nitrogen and oxygen atoms in total. The minimum atomic E-state index is -0.638. The molecule has 3 aromatic rings. The molecule has 1 amide bonds. The Morgan fingerprint density at radius 3 is 2.73 bits per heavy atom. The predicted octanol–water partition coefficient (Wildman–Crippen LogP) is 3.08. The van der Waals surface area contributed by atoms with Gasteiger partial charge in [-0.1, -0.05) is 12.1 Å². The van der Waals surface area contributed by atoms with Crippen molar-refractivity contribution in [3.05, 3.63) is 48.2 Å². The van der Waals surface area contributed by atoms with Crippen molar-refractivity contribution in [3.8, 4) is 22.8 Å². The number of phenolic OH excluding ortho intramolecular Hbond substituents is 1. The Balaban J connectivity index is 1.92. The molecule has 0 unspecified atom stereocenters. The number of ether oxygens (including phenoxy) is 2. The van der Waals surface area contributed by atoms with E-state index in [2.05, 4.69) is 15.3 Å². The standard InChI is InChI=1S/C22H23N3O5/c1-4-29-19(27)12-24-22(28)20-18(26)9-8-16-21(20)23-11-17(25-16)14-6-5-7-15(10-14)30-13(2)3/h5-11,13,26H,4,12H2,1-3H3,(H,24,28). The van der Waals surface area contributed by atoms with E-state index >= 15 is 0 Å². The van der Waals surface area contributed by atoms with Crippen molar-refractivity contribution in [2.75, 3.05) is 13.2 Å². The van der Waals surface area contributed by atoms with Gasteiger partial charge in [0.25, 0.3) is 5.91 Å². The number of nitrogens with zero attached hydrogens (tertiary/aromatic N) is 2. The summed E-state index contributed by atoms with van der Waals surface area (Å²) >= 11 is 0. The summed E-state index contributed by atoms with van der Waals surface area (Å²) < 4.78 is 10.5. The number of carbonyl (C=O) groups is 2. The van der Waals surface area contributed by atoms with Crippen LogP contribution in [-0.4, -0.2) is 46.2 Å². The van der Waals surface area contributed by atoms with E-state index in [9.17, 15) is 14.7 Å². The molecule has 0 aliphatic carbocycles. The van der Waals surface area contributed by atoms with Crippen LogP contribution in [0, 0.1) is 0 Å². The summed E-state index contributed by atoms with van der Waals surface area (Å²) in [6.45, 7) is 5.48. The third kappa shape index (κ3) is 4.83. The topological polar surface area (TPSA) is 111 Å². The van der Waals surface area contributed by atoms with Crippen LogP contribution in [0.25, 0.3) is 22.3 Å². The van der Waals surface area contributed by atoms with Crippen molar-refractivity contribution in [2.45, 2.75) is 26.9 Å². The van der Waals surface area contributed by atoms with Crippen molar-refractivity contribution in [3.63, 3.8) is 0 Å². The fourth-order valence-corrected chi connectivity index (χ4v) is 2.89. The third-order valence-corrected chi connectivity index (χ3v) is 4.12. The van der Waals surface area contributed by atoms with Gasteiger partial charge >= 0.3 is 5.97 Å². The van der Waals surface area contributed by atoms with Gasteiger partial charge in [0.15, 0.2) is 0 Å². The normalized spacial score (nSPS) is 10.8. The van der Waals surface area contributed by atoms with E-state index in [1.807, 2.05) is 38.1 Å². The molecule has 156 valence electrons. The maximum Gasteiger partial charge on any atom is 0.325 e. The fourth-order valence-electron chi connectivity index (χ4n) is 2.89. The van der Waals surface area contributed by atoms with Crippen LogP contribution >= 0.6 is 0 Å². The van der Waals surface area contributed by atoms with E-state index in [1.54, 1.807) is 13.0 Å². The second kappa shape index (κ2) is 9.21. The van der Waals surface area contributed by atoms with E-state index in [4.69, 9.17) is 9.47 Å². The predicted molar refractivity (Wildman–Crippen MR) is 111 cm³/mol. The molecule has 1 heterocycles. The number of aromatic hydroxyl groups is 1. The van der Waals surface area contributed by atoms with Crippen molar-refractivity contribution in [1.82, 2.24) is 15.3 Å². The molecule has 0 aliphatic heterocycles. The maximum absolute atomic E-state index is 12.5. The number of aromatic nitrogens is 2. The molecule has 0 fully saturated rings. The zero-order chi connectivity index (χ0) is 21.7. The maximum atomic E-state index is 12.5. The molecule has 0 aliphatic rings. The molecule has 0 atom stereocenters. The third-order valence-electron chi connectivity index (χ3n) is 4.12. The van der Waals surface area contributed by atoms with Gasteiger partial charge < -0.3 is 19.9 Å². The number of hydrogen-bond donors (Lipinski definition) is 2. The smallest absolute Gasteiger partial charge is 0.325 e. The number of benzene rings is 2. The highest BCUT2D eigenvalue weighted by molar-refractivity contribution is 6.08. The molecule has 1 aromatic heterocycles. The lowest BCUT2D eigenvalue weighted by atomic mass is 10.1. The van der Waals surface area contributed by atoms with Crippen LogP contribution in [0.3, 0.4) is 0 Å². The zero-order valence-corrected chi connectivity index (χ0v) is 17.0. The number of rotatable bonds is 7. The number of hydrogen-bond acceptors (Lipinski definition) is 7. The average Bonchev–Trinajstić information content (AvgIpc) is 2.71. The zero-order valence-electron chi connectivity index (χ0n) is 17.0. The number of phenols is 1. The first-order chi connectivity index (χ1) is 14.4. The summed E-state index contributed by atoms with van der Waals surface area (Å²) in [7, 11) is 0. The van der Waals surface area contributed by atoms with Crippen molar-refractivity contribution in [1.29, 1.82) is 0 Å². The van der Waals surface area contributed by atoms with Crippen molar-refractivity contribution < 1.29 is 24.2 Å². The van der Waals surface area contributed by atoms with Gasteiger partial charge in [-0.3, -0.25) is 14.6 Å². The van der Waals surface area contributed by atoms with Gasteiger partial charge in [0.2, 0.25) is 0 Å². The first-order valence-electron chi connectivity index (χ1n) is 9.58. The molecule has 0 radical (unpaired) electrons. The highest BCUT2D eigenvalue weighted by Gasteiger charge is 2.19. The van der Waals surface area contributed by atoms with Crippen LogP contribution in [0.4, 0.5) is 0 Å². The second-order valence-electron chi connectivity index (χ2n) is 6.76. The Bertz CT molecular complexity index is 1080. The highest BCUT2D eigenvalue weighted by atomic mass is 16.5. The Morgan fingerprint density at radius 2 is 2.00 bits per heavy atom. The van der Waals surface area contributed by atoms with Crippen LogP contribution in [-0.2, 0) is 9.53 Å². The molecular weight excluding hydrogens is 386 g/mol. The first kappa shape index (κ1) is 21.0. The molecule has 0 bridgehead atoms. The molecule has 0 spiro atoms. The monoisotopic (exact) mass is 409 g/mol. The molecular formula is C22H23N3O5. The van der Waals surface area contributed by atoms with E-state index in [0.29, 0.717) is 17.0 Å². The molecule has 0 saturated carbocycles. The Hall–Kier alpha value is -3.68. The lowest BCUT2D eigenvalue weighted by Gasteiger charge is -2.12. The van der Waals surface area contributed by atoms with Crippen molar-refractivity contribution >= 4 is 22.9 Å².